The first-order valence-electron chi connectivity index (χ1n) is 11.6. The summed E-state index contributed by atoms with van der Waals surface area (Å²) in [6.45, 7) is 1.57. The zero-order valence-electron chi connectivity index (χ0n) is 22.7. The Morgan fingerprint density at radius 1 is 1.12 bits per heavy atom. The standard InChI is InChI=1S/C25H24F3N3O8S4/c1-12-8-14(38-2)10-16(31-21(32)22(42(4,34)35)39-24(33)25(26,27)28)19(12)13-6-5-7-15(9-13)43(36,37)18-11-17(20(29)30)41-23(18)40-3/h5-11,22H,1-4H3,(H3,29,30)(H,31,32). The van der Waals surface area contributed by atoms with Crippen LogP contribution in [0.1, 0.15) is 10.4 Å². The quantitative estimate of drug-likeness (QED) is 0.123. The van der Waals surface area contributed by atoms with Gasteiger partial charge in [0.2, 0.25) is 9.84 Å². The van der Waals surface area contributed by atoms with Crippen molar-refractivity contribution >= 4 is 66.2 Å². The van der Waals surface area contributed by atoms with Crippen LogP contribution in [0.5, 0.6) is 5.75 Å². The number of nitrogens with two attached hydrogens (primary N) is 1. The third-order valence-electron chi connectivity index (χ3n) is 5.69. The number of carbonyl (C=O) groups excluding carboxylic acids is 2. The van der Waals surface area contributed by atoms with Crippen LogP contribution in [0.25, 0.3) is 11.1 Å². The lowest BCUT2D eigenvalue weighted by Gasteiger charge is -2.20. The second kappa shape index (κ2) is 12.6. The number of esters is 1. The van der Waals surface area contributed by atoms with Crippen LogP contribution in [-0.2, 0) is 34.0 Å². The van der Waals surface area contributed by atoms with E-state index < -0.39 is 43.2 Å². The van der Waals surface area contributed by atoms with Gasteiger partial charge in [-0.05, 0) is 48.6 Å². The summed E-state index contributed by atoms with van der Waals surface area (Å²) < 4.78 is 99.5. The van der Waals surface area contributed by atoms with Crippen LogP contribution in [0, 0.1) is 12.3 Å². The molecular weight excluding hydrogens is 656 g/mol. The van der Waals surface area contributed by atoms with E-state index in [4.69, 9.17) is 15.9 Å². The van der Waals surface area contributed by atoms with Gasteiger partial charge in [0.1, 0.15) is 11.6 Å². The van der Waals surface area contributed by atoms with Gasteiger partial charge in [0, 0.05) is 17.9 Å². The monoisotopic (exact) mass is 679 g/mol. The lowest BCUT2D eigenvalue weighted by atomic mass is 9.98. The predicted octanol–water partition coefficient (Wildman–Crippen LogP) is 3.99. The molecular formula is C25H24F3N3O8S4. The molecule has 0 saturated carbocycles. The number of alkyl halides is 3. The first kappa shape index (κ1) is 33.9. The van der Waals surface area contributed by atoms with Gasteiger partial charge in [0.15, 0.2) is 9.84 Å². The zero-order valence-corrected chi connectivity index (χ0v) is 26.0. The number of thioether (sulfide) groups is 1. The first-order valence-corrected chi connectivity index (χ1v) is 17.1. The van der Waals surface area contributed by atoms with Crippen molar-refractivity contribution in [3.8, 4) is 16.9 Å². The number of aryl methyl sites for hydroxylation is 1. The summed E-state index contributed by atoms with van der Waals surface area (Å²) in [5.41, 5.74) is 3.30. The van der Waals surface area contributed by atoms with Gasteiger partial charge in [-0.3, -0.25) is 10.2 Å². The van der Waals surface area contributed by atoms with E-state index in [9.17, 15) is 39.6 Å². The average molecular weight is 680 g/mol. The summed E-state index contributed by atoms with van der Waals surface area (Å²) in [4.78, 5) is 24.3. The number of nitrogen functional groups attached to an aromatic ring is 1. The summed E-state index contributed by atoms with van der Waals surface area (Å²) in [7, 11) is -7.58. The number of benzene rings is 2. The normalized spacial score (nSPS) is 12.8. The second-order valence-electron chi connectivity index (χ2n) is 8.83. The second-order valence-corrected chi connectivity index (χ2v) is 15.0. The largest absolute Gasteiger partial charge is 0.497 e. The molecule has 2 aromatic carbocycles. The Kier molecular flexibility index (Phi) is 9.89. The minimum Gasteiger partial charge on any atom is -0.497 e. The molecule has 232 valence electrons. The third kappa shape index (κ3) is 7.49. The Balaban J connectivity index is 2.15. The highest BCUT2D eigenvalue weighted by Crippen LogP contribution is 2.40. The molecule has 1 atom stereocenters. The maximum atomic E-state index is 13.6. The fourth-order valence-electron chi connectivity index (χ4n) is 3.81. The number of sulfone groups is 2. The molecule has 0 radical (unpaired) electrons. The molecule has 1 aromatic heterocycles. The maximum Gasteiger partial charge on any atom is 0.490 e. The van der Waals surface area contributed by atoms with Crippen molar-refractivity contribution in [3.05, 3.63) is 52.9 Å². The molecule has 1 unspecified atom stereocenters. The van der Waals surface area contributed by atoms with Crippen molar-refractivity contribution in [2.24, 2.45) is 5.73 Å². The van der Waals surface area contributed by atoms with Crippen molar-refractivity contribution in [2.45, 2.75) is 32.5 Å². The highest BCUT2D eigenvalue weighted by atomic mass is 32.2. The van der Waals surface area contributed by atoms with Crippen molar-refractivity contribution in [2.75, 3.05) is 24.9 Å². The van der Waals surface area contributed by atoms with Crippen LogP contribution < -0.4 is 15.8 Å². The molecule has 0 aliphatic rings. The highest BCUT2D eigenvalue weighted by molar-refractivity contribution is 8.01. The Bertz CT molecular complexity index is 1820. The average Bonchev–Trinajstić information content (AvgIpc) is 3.36. The maximum absolute atomic E-state index is 13.6. The Morgan fingerprint density at radius 3 is 2.30 bits per heavy atom. The zero-order chi connectivity index (χ0) is 32.5. The molecule has 3 aromatic rings. The number of anilines is 1. The van der Waals surface area contributed by atoms with E-state index in [1.54, 1.807) is 13.2 Å². The number of hydrogen-bond acceptors (Lipinski definition) is 11. The Labute approximate surface area is 252 Å². The lowest BCUT2D eigenvalue weighted by molar-refractivity contribution is -0.201. The van der Waals surface area contributed by atoms with E-state index in [2.05, 4.69) is 10.1 Å². The highest BCUT2D eigenvalue weighted by Gasteiger charge is 2.46. The SMILES string of the molecule is COc1cc(C)c(-c2cccc(S(=O)(=O)c3cc(C(=N)N)sc3SC)c2)c(NC(=O)C(OC(=O)C(F)(F)F)S(C)(=O)=O)c1. The predicted molar refractivity (Wildman–Crippen MR) is 155 cm³/mol. The molecule has 18 heteroatoms. The van der Waals surface area contributed by atoms with Crippen LogP contribution in [0.2, 0.25) is 0 Å². The molecule has 0 aliphatic heterocycles. The number of hydrogen-bond donors (Lipinski definition) is 3. The number of amides is 1. The van der Waals surface area contributed by atoms with Gasteiger partial charge < -0.3 is 20.5 Å². The molecule has 0 fully saturated rings. The van der Waals surface area contributed by atoms with Crippen LogP contribution in [-0.4, -0.2) is 65.8 Å². The van der Waals surface area contributed by atoms with E-state index in [1.807, 2.05) is 0 Å². The van der Waals surface area contributed by atoms with E-state index in [1.165, 1.54) is 49.6 Å². The molecule has 0 spiro atoms. The summed E-state index contributed by atoms with van der Waals surface area (Å²) in [6.07, 6.45) is -3.49. The van der Waals surface area contributed by atoms with E-state index >= 15 is 0 Å². The van der Waals surface area contributed by atoms with Gasteiger partial charge in [-0.2, -0.15) is 13.2 Å². The molecule has 3 rings (SSSR count). The van der Waals surface area contributed by atoms with Crippen LogP contribution in [0.4, 0.5) is 18.9 Å². The molecule has 4 N–H and O–H groups in total. The van der Waals surface area contributed by atoms with Crippen molar-refractivity contribution < 1.29 is 49.1 Å². The van der Waals surface area contributed by atoms with E-state index in [0.29, 0.717) is 16.0 Å². The Hall–Kier alpha value is -3.61. The van der Waals surface area contributed by atoms with Crippen LogP contribution in [0.15, 0.2) is 56.5 Å². The summed E-state index contributed by atoms with van der Waals surface area (Å²) in [6, 6.07) is 9.56. The molecule has 0 bridgehead atoms. The number of amidine groups is 1. The van der Waals surface area contributed by atoms with Crippen molar-refractivity contribution in [1.29, 1.82) is 5.41 Å². The Morgan fingerprint density at radius 2 is 1.77 bits per heavy atom. The molecule has 11 nitrogen and oxygen atoms in total. The minimum absolute atomic E-state index is 0.0743. The topological polar surface area (TPSA) is 183 Å². The number of halogens is 3. The van der Waals surface area contributed by atoms with Gasteiger partial charge in [-0.15, -0.1) is 23.1 Å². The van der Waals surface area contributed by atoms with Crippen molar-refractivity contribution in [1.82, 2.24) is 0 Å². The van der Waals surface area contributed by atoms with Gasteiger partial charge in [-0.25, -0.2) is 21.6 Å². The molecule has 0 aliphatic carbocycles. The lowest BCUT2D eigenvalue weighted by Crippen LogP contribution is -2.41. The number of methoxy groups -OCH3 is 1. The summed E-state index contributed by atoms with van der Waals surface area (Å²) >= 11 is 2.19. The van der Waals surface area contributed by atoms with Gasteiger partial charge in [0.25, 0.3) is 11.3 Å². The number of nitrogens with one attached hydrogen (secondary N) is 2. The number of thiophene rings is 1. The van der Waals surface area contributed by atoms with E-state index in [0.717, 1.165) is 23.1 Å². The molecule has 1 heterocycles. The fraction of sp³-hybridized carbons (Fsp3) is 0.240. The van der Waals surface area contributed by atoms with Gasteiger partial charge >= 0.3 is 12.1 Å². The summed E-state index contributed by atoms with van der Waals surface area (Å²) in [5, 5.41) is 9.85. The third-order valence-corrected chi connectivity index (χ3v) is 11.1. The molecule has 1 amide bonds. The number of ether oxygens (including phenoxy) is 2. The molecule has 43 heavy (non-hydrogen) atoms. The van der Waals surface area contributed by atoms with E-state index in [-0.39, 0.29) is 43.1 Å². The van der Waals surface area contributed by atoms with Gasteiger partial charge in [-0.1, -0.05) is 12.1 Å². The fourth-order valence-corrected chi connectivity index (χ4v) is 8.42. The van der Waals surface area contributed by atoms with Crippen molar-refractivity contribution in [3.63, 3.8) is 0 Å². The van der Waals surface area contributed by atoms with Crippen LogP contribution >= 0.6 is 23.1 Å². The van der Waals surface area contributed by atoms with Crippen LogP contribution in [0.3, 0.4) is 0 Å². The smallest absolute Gasteiger partial charge is 0.490 e. The number of carbonyl (C=O) groups is 2. The first-order chi connectivity index (χ1) is 19.8. The minimum atomic E-state index is -5.57. The van der Waals surface area contributed by atoms with Gasteiger partial charge in [0.05, 0.1) is 31.7 Å². The summed E-state index contributed by atoms with van der Waals surface area (Å²) in [5.74, 6) is -4.65. The number of rotatable bonds is 10. The molecule has 0 saturated heterocycles.